The van der Waals surface area contributed by atoms with E-state index in [0.717, 1.165) is 23.3 Å². The van der Waals surface area contributed by atoms with Crippen LogP contribution in [0.25, 0.3) is 0 Å². The number of carbonyl (C=O) groups is 2. The number of hydrogen-bond acceptors (Lipinski definition) is 2. The van der Waals surface area contributed by atoms with Gasteiger partial charge in [0.05, 0.1) is 0 Å². The maximum absolute atomic E-state index is 13.3. The number of benzene rings is 1. The molecule has 3 rings (SSSR count). The summed E-state index contributed by atoms with van der Waals surface area (Å²) in [6.45, 7) is -0.648. The Morgan fingerprint density at radius 1 is 1.17 bits per heavy atom. The Balaban J connectivity index is 1.85. The number of aliphatic carboxylic acids is 1. The minimum absolute atomic E-state index is 0.219. The van der Waals surface area contributed by atoms with Crippen molar-refractivity contribution in [3.05, 3.63) is 29.8 Å². The maximum atomic E-state index is 13.3. The van der Waals surface area contributed by atoms with Crippen molar-refractivity contribution in [2.45, 2.75) is 25.4 Å². The van der Waals surface area contributed by atoms with Gasteiger partial charge in [-0.2, -0.15) is 13.2 Å². The molecule has 2 heterocycles. The van der Waals surface area contributed by atoms with Crippen LogP contribution < -0.4 is 4.90 Å². The molecule has 1 aromatic rings. The van der Waals surface area contributed by atoms with Gasteiger partial charge in [0.15, 0.2) is 5.41 Å². The quantitative estimate of drug-likeness (QED) is 0.854. The molecule has 130 valence electrons. The summed E-state index contributed by atoms with van der Waals surface area (Å²) in [6, 6.07) is 6.70. The second kappa shape index (κ2) is 5.68. The molecule has 2 amide bonds. The fourth-order valence-corrected chi connectivity index (χ4v) is 3.40. The maximum Gasteiger partial charge on any atom is 0.406 e. The molecule has 1 N–H and O–H groups in total. The average molecular weight is 342 g/mol. The van der Waals surface area contributed by atoms with Crippen molar-refractivity contribution in [3.8, 4) is 0 Å². The predicted molar refractivity (Wildman–Crippen MR) is 79.8 cm³/mol. The number of halogens is 3. The number of fused-ring (bicyclic) bond motifs is 1. The third kappa shape index (κ3) is 2.50. The Bertz CT molecular complexity index is 677. The molecule has 5 nitrogen and oxygen atoms in total. The van der Waals surface area contributed by atoms with E-state index in [9.17, 15) is 22.8 Å². The first-order chi connectivity index (χ1) is 11.3. The first-order valence-electron chi connectivity index (χ1n) is 7.71. The molecule has 1 atom stereocenters. The van der Waals surface area contributed by atoms with E-state index in [4.69, 9.17) is 5.11 Å². The van der Waals surface area contributed by atoms with E-state index in [1.807, 2.05) is 12.1 Å². The fourth-order valence-electron chi connectivity index (χ4n) is 3.40. The first kappa shape index (κ1) is 16.6. The molecule has 0 aromatic heterocycles. The molecule has 2 aliphatic rings. The summed E-state index contributed by atoms with van der Waals surface area (Å²) in [6.07, 6.45) is -3.98. The zero-order chi connectivity index (χ0) is 17.5. The molecule has 0 spiro atoms. The van der Waals surface area contributed by atoms with E-state index >= 15 is 0 Å². The summed E-state index contributed by atoms with van der Waals surface area (Å²) in [5.74, 6) is -1.93. The van der Waals surface area contributed by atoms with E-state index in [0.29, 0.717) is 12.2 Å². The molecule has 0 bridgehead atoms. The topological polar surface area (TPSA) is 60.9 Å². The molecule has 1 fully saturated rings. The van der Waals surface area contributed by atoms with Crippen LogP contribution >= 0.6 is 0 Å². The molecular formula is C16H17F3N2O3. The Labute approximate surface area is 136 Å². The van der Waals surface area contributed by atoms with Gasteiger partial charge in [-0.1, -0.05) is 18.2 Å². The number of carboxylic acid groups (broad SMARTS) is 1. The zero-order valence-corrected chi connectivity index (χ0v) is 12.8. The Morgan fingerprint density at radius 3 is 2.50 bits per heavy atom. The highest BCUT2D eigenvalue weighted by Gasteiger charge is 2.64. The van der Waals surface area contributed by atoms with Crippen LogP contribution in [-0.2, 0) is 11.2 Å². The lowest BCUT2D eigenvalue weighted by molar-refractivity contribution is -0.226. The van der Waals surface area contributed by atoms with Crippen molar-refractivity contribution < 1.29 is 27.9 Å². The van der Waals surface area contributed by atoms with E-state index in [1.165, 1.54) is 4.90 Å². The molecule has 1 saturated heterocycles. The van der Waals surface area contributed by atoms with Crippen LogP contribution in [0, 0.1) is 5.41 Å². The van der Waals surface area contributed by atoms with Crippen LogP contribution in [0.4, 0.5) is 23.7 Å². The van der Waals surface area contributed by atoms with E-state index in [-0.39, 0.29) is 6.54 Å². The number of likely N-dealkylation sites (tertiary alicyclic amines) is 1. The van der Waals surface area contributed by atoms with Crippen LogP contribution in [0.3, 0.4) is 0 Å². The molecule has 0 aliphatic carbocycles. The molecule has 1 unspecified atom stereocenters. The summed E-state index contributed by atoms with van der Waals surface area (Å²) in [5.41, 5.74) is -1.22. The lowest BCUT2D eigenvalue weighted by atomic mass is 9.86. The molecule has 0 saturated carbocycles. The van der Waals surface area contributed by atoms with Crippen LogP contribution in [0.5, 0.6) is 0 Å². The van der Waals surface area contributed by atoms with Gasteiger partial charge >= 0.3 is 18.2 Å². The number of urea groups is 1. The number of carbonyl (C=O) groups excluding carboxylic acids is 1. The van der Waals surface area contributed by atoms with Gasteiger partial charge in [-0.3, -0.25) is 9.69 Å². The number of aryl methyl sites for hydroxylation is 1. The SMILES string of the molecule is O=C(N1CCC(C(=O)O)(C(F)(F)F)C1)N1CCCc2ccccc21. The monoisotopic (exact) mass is 342 g/mol. The third-order valence-corrected chi connectivity index (χ3v) is 4.83. The van der Waals surface area contributed by atoms with Crippen molar-refractivity contribution in [1.82, 2.24) is 4.90 Å². The first-order valence-corrected chi connectivity index (χ1v) is 7.71. The van der Waals surface area contributed by atoms with Gasteiger partial charge in [0, 0.05) is 25.3 Å². The second-order valence-electron chi connectivity index (χ2n) is 6.22. The highest BCUT2D eigenvalue weighted by molar-refractivity contribution is 5.94. The van der Waals surface area contributed by atoms with Gasteiger partial charge in [-0.15, -0.1) is 0 Å². The van der Waals surface area contributed by atoms with Gasteiger partial charge in [0.2, 0.25) is 0 Å². The van der Waals surface area contributed by atoms with Crippen LogP contribution in [-0.4, -0.2) is 47.8 Å². The van der Waals surface area contributed by atoms with E-state index in [1.54, 1.807) is 12.1 Å². The second-order valence-corrected chi connectivity index (χ2v) is 6.22. The Kier molecular flexibility index (Phi) is 3.93. The molecular weight excluding hydrogens is 325 g/mol. The minimum Gasteiger partial charge on any atom is -0.481 e. The average Bonchev–Trinajstić information content (AvgIpc) is 3.00. The van der Waals surface area contributed by atoms with Crippen LogP contribution in [0.1, 0.15) is 18.4 Å². The van der Waals surface area contributed by atoms with Gasteiger partial charge < -0.3 is 10.0 Å². The van der Waals surface area contributed by atoms with Crippen molar-refractivity contribution in [2.24, 2.45) is 5.41 Å². The standard InChI is InChI=1S/C16H17F3N2O3/c17-16(18,19)15(13(22)23)7-9-20(10-15)14(24)21-8-3-5-11-4-1-2-6-12(11)21/h1-2,4,6H,3,5,7-10H2,(H,22,23). The summed E-state index contributed by atoms with van der Waals surface area (Å²) >= 11 is 0. The van der Waals surface area contributed by atoms with E-state index < -0.39 is 36.6 Å². The lowest BCUT2D eigenvalue weighted by Crippen LogP contribution is -2.50. The number of para-hydroxylation sites is 1. The van der Waals surface area contributed by atoms with Crippen LogP contribution in [0.2, 0.25) is 0 Å². The normalized spacial score (nSPS) is 24.0. The number of carboxylic acids is 1. The smallest absolute Gasteiger partial charge is 0.406 e. The number of alkyl halides is 3. The fraction of sp³-hybridized carbons (Fsp3) is 0.500. The third-order valence-electron chi connectivity index (χ3n) is 4.83. The summed E-state index contributed by atoms with van der Waals surface area (Å²) in [5, 5.41) is 9.10. The number of hydrogen-bond donors (Lipinski definition) is 1. The van der Waals surface area contributed by atoms with Crippen molar-refractivity contribution >= 4 is 17.7 Å². The summed E-state index contributed by atoms with van der Waals surface area (Å²) in [7, 11) is 0. The number of nitrogens with zero attached hydrogens (tertiary/aromatic N) is 2. The highest BCUT2D eigenvalue weighted by atomic mass is 19.4. The van der Waals surface area contributed by atoms with Crippen molar-refractivity contribution in [2.75, 3.05) is 24.5 Å². The van der Waals surface area contributed by atoms with Crippen molar-refractivity contribution in [3.63, 3.8) is 0 Å². The number of anilines is 1. The number of amides is 2. The van der Waals surface area contributed by atoms with Crippen LogP contribution in [0.15, 0.2) is 24.3 Å². The predicted octanol–water partition coefficient (Wildman–Crippen LogP) is 2.90. The van der Waals surface area contributed by atoms with Gasteiger partial charge in [-0.05, 0) is 30.9 Å². The summed E-state index contributed by atoms with van der Waals surface area (Å²) in [4.78, 5) is 26.4. The lowest BCUT2D eigenvalue weighted by Gasteiger charge is -2.33. The van der Waals surface area contributed by atoms with Gasteiger partial charge in [0.1, 0.15) is 0 Å². The zero-order valence-electron chi connectivity index (χ0n) is 12.8. The molecule has 0 radical (unpaired) electrons. The van der Waals surface area contributed by atoms with E-state index in [2.05, 4.69) is 0 Å². The molecule has 1 aromatic carbocycles. The van der Waals surface area contributed by atoms with Crippen molar-refractivity contribution in [1.29, 1.82) is 0 Å². The largest absolute Gasteiger partial charge is 0.481 e. The van der Waals surface area contributed by atoms with Gasteiger partial charge in [0.25, 0.3) is 0 Å². The molecule has 8 heteroatoms. The van der Waals surface area contributed by atoms with Gasteiger partial charge in [-0.25, -0.2) is 4.79 Å². The minimum atomic E-state index is -4.90. The Morgan fingerprint density at radius 2 is 1.88 bits per heavy atom. The number of rotatable bonds is 1. The Hall–Kier alpha value is -2.25. The molecule has 2 aliphatic heterocycles. The molecule has 24 heavy (non-hydrogen) atoms. The summed E-state index contributed by atoms with van der Waals surface area (Å²) < 4.78 is 39.8. The highest BCUT2D eigenvalue weighted by Crippen LogP contribution is 2.46.